The normalized spacial score (nSPS) is 28.9. The number of aliphatic hydroxyl groups excluding tert-OH is 1. The number of unbranched alkanes of at least 4 members (excludes halogenated alkanes) is 10. The van der Waals surface area contributed by atoms with Crippen molar-refractivity contribution < 1.29 is 86.4 Å². The van der Waals surface area contributed by atoms with Crippen LogP contribution in [0.5, 0.6) is 5.75 Å². The molecule has 3 aliphatic heterocycles. The Morgan fingerprint density at radius 1 is 0.753 bits per heavy atom. The molecule has 4 rings (SSSR count). The molecule has 0 unspecified atom stereocenters. The molecule has 12 atom stereocenters. The van der Waals surface area contributed by atoms with Crippen molar-refractivity contribution in [2.24, 2.45) is 29.6 Å². The summed E-state index contributed by atoms with van der Waals surface area (Å²) in [5, 5.41) is 23.6. The number of amides is 1. The minimum Gasteiger partial charge on any atom is -0.496 e. The largest absolute Gasteiger partial charge is 0.508 e. The molecule has 500 valence electrons. The molecule has 0 radical (unpaired) electrons. The molecule has 0 aromatic heterocycles. The van der Waals surface area contributed by atoms with Crippen LogP contribution in [0, 0.1) is 29.6 Å². The molecule has 3 aliphatic rings. The van der Waals surface area contributed by atoms with Gasteiger partial charge in [-0.25, -0.2) is 14.4 Å². The minimum atomic E-state index is -2.48. The van der Waals surface area contributed by atoms with Crippen LogP contribution in [0.3, 0.4) is 0 Å². The van der Waals surface area contributed by atoms with E-state index in [0.29, 0.717) is 68.4 Å². The number of fused-ring (bicyclic) bond motifs is 3. The van der Waals surface area contributed by atoms with Gasteiger partial charge in [-0.1, -0.05) is 148 Å². The molecule has 1 aromatic rings. The van der Waals surface area contributed by atoms with Gasteiger partial charge in [-0.3, -0.25) is 19.2 Å². The quantitative estimate of drug-likeness (QED) is 0.0321. The standard InChI is InChI=1S/C70H107NO18/c1-12-13-14-15-16-17-18-19-20-26-37-84-68(78)85-38-27-28-39-86-69(79)87-46-55-34-33-54(43-61(55)82-10)42-50(5)60-45-58(72)49(4)41-52(7)63(74)64(83-11)62(73)51(6)40-47(2)29-22-21-23-30-48(3)59(81-9)44-56-35-32-53(8)70(80,89-56)65(75)66(76)71-36-25-24-31-57(71)67(77)88-60/h21-23,29-30,33-34,41,43,47,49-51,53,56-57,59-60,63-64,74,80H,12-20,24-28,31-32,35-40,42,44-46H2,1-11H3/b23-21+,29-22+,48-30+,52-41+/t47-,49-,50-,51-,53-,56+,57+,59+,60+,63-,64+,70-/m1/s1. The molecule has 0 aliphatic carbocycles. The number of piperidine rings is 1. The Hall–Kier alpha value is -5.73. The fourth-order valence-electron chi connectivity index (χ4n) is 11.8. The number of esters is 1. The van der Waals surface area contributed by atoms with Crippen molar-refractivity contribution in [3.63, 3.8) is 0 Å². The Morgan fingerprint density at radius 3 is 2.01 bits per heavy atom. The van der Waals surface area contributed by atoms with E-state index in [1.54, 1.807) is 59.1 Å². The molecule has 1 amide bonds. The number of ketones is 3. The SMILES string of the molecule is CCCCCCCCCCCCOC(=O)OCCCCOC(=O)OCc1ccc(C[C@@H](C)[C@@H]2CC(=O)[C@H](C)/C=C(\C)[C@@H](O)[C@@H](OC)C(=O)[C@H](C)C[C@H](C)/C=C/C=C/C=C(\C)[C@@H](OC)C[C@@H]3CC[C@@H](C)[C@@](O)(O3)C(=O)C(=O)N3CCCC[C@H]3C(=O)O2)cc1OC. The van der Waals surface area contributed by atoms with E-state index >= 15 is 0 Å². The van der Waals surface area contributed by atoms with E-state index in [1.807, 2.05) is 51.2 Å². The topological polar surface area (TPSA) is 246 Å². The number of hydrogen-bond donors (Lipinski definition) is 2. The average molecular weight is 1250 g/mol. The summed E-state index contributed by atoms with van der Waals surface area (Å²) >= 11 is 0. The third kappa shape index (κ3) is 25.1. The maximum atomic E-state index is 14.6. The fourth-order valence-corrected chi connectivity index (χ4v) is 11.8. The van der Waals surface area contributed by atoms with E-state index in [9.17, 15) is 43.8 Å². The van der Waals surface area contributed by atoms with Crippen LogP contribution < -0.4 is 4.74 Å². The van der Waals surface area contributed by atoms with Crippen molar-refractivity contribution in [3.05, 3.63) is 76.9 Å². The van der Waals surface area contributed by atoms with Gasteiger partial charge in [-0.2, -0.15) is 0 Å². The monoisotopic (exact) mass is 1250 g/mol. The van der Waals surface area contributed by atoms with Gasteiger partial charge in [-0.15, -0.1) is 0 Å². The van der Waals surface area contributed by atoms with Crippen LogP contribution in [0.1, 0.15) is 195 Å². The Morgan fingerprint density at radius 2 is 1.38 bits per heavy atom. The van der Waals surface area contributed by atoms with Crippen molar-refractivity contribution in [2.45, 2.75) is 239 Å². The van der Waals surface area contributed by atoms with Gasteiger partial charge >= 0.3 is 18.3 Å². The molecule has 1 aromatic carbocycles. The second kappa shape index (κ2) is 40.2. The number of rotatable bonds is 24. The third-order valence-electron chi connectivity index (χ3n) is 17.6. The van der Waals surface area contributed by atoms with Crippen LogP contribution in [0.25, 0.3) is 0 Å². The molecule has 2 bridgehead atoms. The summed E-state index contributed by atoms with van der Waals surface area (Å²) in [4.78, 5) is 97.5. The first-order valence-corrected chi connectivity index (χ1v) is 32.8. The lowest BCUT2D eigenvalue weighted by atomic mass is 9.85. The van der Waals surface area contributed by atoms with Gasteiger partial charge in [0, 0.05) is 56.9 Å². The maximum Gasteiger partial charge on any atom is 0.508 e. The molecule has 3 heterocycles. The van der Waals surface area contributed by atoms with E-state index in [0.717, 1.165) is 35.3 Å². The predicted octanol–water partition coefficient (Wildman–Crippen LogP) is 12.4. The summed E-state index contributed by atoms with van der Waals surface area (Å²) < 4.78 is 50.7. The molecule has 2 N–H and O–H groups in total. The van der Waals surface area contributed by atoms with E-state index in [2.05, 4.69) is 6.92 Å². The molecule has 19 heteroatoms. The van der Waals surface area contributed by atoms with Crippen molar-refractivity contribution in [3.8, 4) is 5.75 Å². The first kappa shape index (κ1) is 75.7. The Balaban J connectivity index is 1.48. The summed E-state index contributed by atoms with van der Waals surface area (Å²) in [7, 11) is 4.39. The van der Waals surface area contributed by atoms with Gasteiger partial charge in [0.05, 0.1) is 39.1 Å². The number of carbonyl (C=O) groups excluding carboxylic acids is 7. The Labute approximate surface area is 530 Å². The first-order valence-electron chi connectivity index (χ1n) is 32.8. The van der Waals surface area contributed by atoms with Gasteiger partial charge < -0.3 is 57.7 Å². The lowest BCUT2D eigenvalue weighted by Crippen LogP contribution is -2.61. The summed E-state index contributed by atoms with van der Waals surface area (Å²) in [5.41, 5.74) is 2.45. The number of methoxy groups -OCH3 is 3. The molecular formula is C70H107NO18. The number of allylic oxidation sites excluding steroid dienone is 6. The average Bonchev–Trinajstić information content (AvgIpc) is 0.920. The highest BCUT2D eigenvalue weighted by Crippen LogP contribution is 2.37. The minimum absolute atomic E-state index is 0.0156. The second-order valence-corrected chi connectivity index (χ2v) is 24.9. The second-order valence-electron chi connectivity index (χ2n) is 24.9. The Bertz CT molecular complexity index is 2520. The molecule has 0 saturated carbocycles. The van der Waals surface area contributed by atoms with Gasteiger partial charge in [0.25, 0.3) is 11.7 Å². The number of benzene rings is 1. The smallest absolute Gasteiger partial charge is 0.496 e. The summed E-state index contributed by atoms with van der Waals surface area (Å²) in [6.07, 6.45) is 20.2. The van der Waals surface area contributed by atoms with Crippen molar-refractivity contribution >= 4 is 41.5 Å². The summed E-state index contributed by atoms with van der Waals surface area (Å²) in [6, 6.07) is 4.05. The number of ether oxygens (including phenoxy) is 9. The molecular weight excluding hydrogens is 1140 g/mol. The number of aliphatic hydroxyl groups is 2. The zero-order valence-corrected chi connectivity index (χ0v) is 55.3. The van der Waals surface area contributed by atoms with Gasteiger partial charge in [-0.05, 0) is 113 Å². The lowest BCUT2D eigenvalue weighted by Gasteiger charge is -2.42. The van der Waals surface area contributed by atoms with Gasteiger partial charge in [0.2, 0.25) is 5.79 Å². The van der Waals surface area contributed by atoms with Crippen LogP contribution in [0.4, 0.5) is 9.59 Å². The van der Waals surface area contributed by atoms with Crippen molar-refractivity contribution in [1.82, 2.24) is 4.90 Å². The van der Waals surface area contributed by atoms with E-state index < -0.39 is 96.0 Å². The predicted molar refractivity (Wildman–Crippen MR) is 338 cm³/mol. The van der Waals surface area contributed by atoms with Gasteiger partial charge in [0.15, 0.2) is 5.78 Å². The Kier molecular flexibility index (Phi) is 34.2. The number of nitrogens with zero attached hydrogens (tertiary/aromatic N) is 1. The summed E-state index contributed by atoms with van der Waals surface area (Å²) in [6.45, 7) is 15.0. The molecule has 2 saturated heterocycles. The van der Waals surface area contributed by atoms with Crippen LogP contribution in [0.15, 0.2) is 65.8 Å². The highest BCUT2D eigenvalue weighted by atomic mass is 16.7. The molecule has 2 fully saturated rings. The van der Waals surface area contributed by atoms with E-state index in [1.165, 1.54) is 59.2 Å². The molecule has 19 nitrogen and oxygen atoms in total. The molecule has 0 spiro atoms. The first-order chi connectivity index (χ1) is 42.6. The van der Waals surface area contributed by atoms with Crippen LogP contribution in [-0.4, -0.2) is 147 Å². The maximum absolute atomic E-state index is 14.6. The van der Waals surface area contributed by atoms with Crippen LogP contribution in [0.2, 0.25) is 0 Å². The van der Waals surface area contributed by atoms with Gasteiger partial charge in [0.1, 0.15) is 42.5 Å². The van der Waals surface area contributed by atoms with Crippen LogP contribution >= 0.6 is 0 Å². The molecule has 89 heavy (non-hydrogen) atoms. The number of Topliss-reactive ketones (excluding diaryl/α,β-unsaturated/α-hetero) is 3. The third-order valence-corrected chi connectivity index (χ3v) is 17.6. The van der Waals surface area contributed by atoms with Crippen LogP contribution in [-0.2, 0) is 74.9 Å². The van der Waals surface area contributed by atoms with E-state index in [4.69, 9.17) is 42.6 Å². The highest BCUT2D eigenvalue weighted by molar-refractivity contribution is 6.39. The lowest BCUT2D eigenvalue weighted by molar-refractivity contribution is -0.265. The number of cyclic esters (lactones) is 1. The zero-order chi connectivity index (χ0) is 65.5. The fraction of sp³-hybridized carbons (Fsp3) is 0.700. The number of hydrogen-bond acceptors (Lipinski definition) is 18. The van der Waals surface area contributed by atoms with Crippen molar-refractivity contribution in [1.29, 1.82) is 0 Å². The summed E-state index contributed by atoms with van der Waals surface area (Å²) in [5.74, 6) is -8.44. The van der Waals surface area contributed by atoms with Crippen molar-refractivity contribution in [2.75, 3.05) is 47.7 Å². The number of carbonyl (C=O) groups is 7. The zero-order valence-electron chi connectivity index (χ0n) is 55.3. The highest BCUT2D eigenvalue weighted by Gasteiger charge is 2.53. The van der Waals surface area contributed by atoms with E-state index in [-0.39, 0.29) is 69.5 Å².